The minimum atomic E-state index is -0.399. The molecule has 0 spiro atoms. The van der Waals surface area contributed by atoms with E-state index in [1.54, 1.807) is 36.4 Å². The van der Waals surface area contributed by atoms with Crippen molar-refractivity contribution in [3.05, 3.63) is 82.6 Å². The number of hydrogen-bond donors (Lipinski definition) is 2. The third-order valence-electron chi connectivity index (χ3n) is 4.27. The highest BCUT2D eigenvalue weighted by Gasteiger charge is 2.07. The Morgan fingerprint density at radius 1 is 1.07 bits per heavy atom. The van der Waals surface area contributed by atoms with Crippen LogP contribution in [0.5, 0.6) is 0 Å². The Bertz CT molecular complexity index is 1130. The maximum atomic E-state index is 12.1. The third-order valence-corrected chi connectivity index (χ3v) is 4.88. The van der Waals surface area contributed by atoms with Crippen LogP contribution >= 0.6 is 23.8 Å². The Morgan fingerprint density at radius 2 is 1.80 bits per heavy atom. The van der Waals surface area contributed by atoms with Gasteiger partial charge in [0.1, 0.15) is 11.5 Å². The summed E-state index contributed by atoms with van der Waals surface area (Å²) in [7, 11) is 0. The topological polar surface area (TPSA) is 71.3 Å². The predicted octanol–water partition coefficient (Wildman–Crippen LogP) is 5.64. The van der Waals surface area contributed by atoms with Gasteiger partial charge in [0.05, 0.1) is 0 Å². The van der Waals surface area contributed by atoms with Gasteiger partial charge in [-0.3, -0.25) is 14.9 Å². The van der Waals surface area contributed by atoms with Crippen molar-refractivity contribution < 1.29 is 14.0 Å². The number of benzene rings is 2. The van der Waals surface area contributed by atoms with E-state index in [0.717, 1.165) is 11.1 Å². The summed E-state index contributed by atoms with van der Waals surface area (Å²) in [5.41, 5.74) is 3.12. The van der Waals surface area contributed by atoms with Gasteiger partial charge in [0.15, 0.2) is 10.9 Å². The molecule has 0 saturated heterocycles. The summed E-state index contributed by atoms with van der Waals surface area (Å²) in [4.78, 5) is 23.4. The third kappa shape index (κ3) is 5.65. The van der Waals surface area contributed by atoms with Crippen LogP contribution in [0, 0.1) is 6.92 Å². The van der Waals surface area contributed by atoms with Gasteiger partial charge >= 0.3 is 0 Å². The van der Waals surface area contributed by atoms with Crippen molar-refractivity contribution in [1.82, 2.24) is 5.32 Å². The summed E-state index contributed by atoms with van der Waals surface area (Å²) < 4.78 is 5.74. The maximum Gasteiger partial charge on any atom is 0.250 e. The summed E-state index contributed by atoms with van der Waals surface area (Å²) in [6.45, 7) is 3.43. The highest BCUT2D eigenvalue weighted by atomic mass is 35.5. The highest BCUT2D eigenvalue weighted by molar-refractivity contribution is 7.80. The molecule has 0 aliphatic rings. The number of halogens is 1. The summed E-state index contributed by atoms with van der Waals surface area (Å²) >= 11 is 11.3. The molecule has 0 bridgehead atoms. The van der Waals surface area contributed by atoms with E-state index >= 15 is 0 Å². The van der Waals surface area contributed by atoms with E-state index in [4.69, 9.17) is 28.2 Å². The van der Waals surface area contributed by atoms with Crippen molar-refractivity contribution in [2.75, 3.05) is 5.32 Å². The lowest BCUT2D eigenvalue weighted by Gasteiger charge is -2.08. The first-order valence-electron chi connectivity index (χ1n) is 9.09. The summed E-state index contributed by atoms with van der Waals surface area (Å²) in [6.07, 6.45) is 2.89. The van der Waals surface area contributed by atoms with Crippen LogP contribution < -0.4 is 10.6 Å². The minimum Gasteiger partial charge on any atom is -0.457 e. The van der Waals surface area contributed by atoms with Crippen LogP contribution in [-0.4, -0.2) is 16.8 Å². The van der Waals surface area contributed by atoms with Crippen molar-refractivity contribution in [3.8, 4) is 11.3 Å². The van der Waals surface area contributed by atoms with Gasteiger partial charge in [-0.2, -0.15) is 0 Å². The average Bonchev–Trinajstić information content (AvgIpc) is 3.18. The van der Waals surface area contributed by atoms with Crippen molar-refractivity contribution in [1.29, 1.82) is 0 Å². The van der Waals surface area contributed by atoms with Gasteiger partial charge in [0.25, 0.3) is 0 Å². The average molecular weight is 439 g/mol. The van der Waals surface area contributed by atoms with Crippen LogP contribution in [0.4, 0.5) is 5.69 Å². The molecule has 152 valence electrons. The van der Waals surface area contributed by atoms with E-state index in [0.29, 0.717) is 27.8 Å². The summed E-state index contributed by atoms with van der Waals surface area (Å²) in [5, 5.41) is 6.26. The number of ketones is 1. The van der Waals surface area contributed by atoms with E-state index in [1.165, 1.54) is 13.0 Å². The lowest BCUT2D eigenvalue weighted by atomic mass is 10.1. The molecular formula is C23H19ClN2O3S. The van der Waals surface area contributed by atoms with E-state index in [1.807, 2.05) is 31.2 Å². The fourth-order valence-corrected chi connectivity index (χ4v) is 3.00. The summed E-state index contributed by atoms with van der Waals surface area (Å²) in [6, 6.07) is 16.1. The molecule has 0 radical (unpaired) electrons. The minimum absolute atomic E-state index is 0.0193. The van der Waals surface area contributed by atoms with Crippen molar-refractivity contribution in [2.45, 2.75) is 13.8 Å². The molecule has 0 fully saturated rings. The van der Waals surface area contributed by atoms with E-state index < -0.39 is 5.91 Å². The maximum absolute atomic E-state index is 12.1. The summed E-state index contributed by atoms with van der Waals surface area (Å²) in [5.74, 6) is 0.761. The van der Waals surface area contributed by atoms with Gasteiger partial charge in [-0.1, -0.05) is 23.7 Å². The molecule has 1 heterocycles. The molecule has 3 rings (SSSR count). The van der Waals surface area contributed by atoms with Gasteiger partial charge in [-0.15, -0.1) is 0 Å². The second-order valence-corrected chi connectivity index (χ2v) is 7.39. The molecule has 0 saturated carbocycles. The molecule has 2 N–H and O–H groups in total. The molecule has 1 amide bonds. The molecule has 2 aromatic carbocycles. The van der Waals surface area contributed by atoms with Crippen LogP contribution in [0.1, 0.15) is 28.6 Å². The Hall–Kier alpha value is -3.22. The number of furan rings is 1. The van der Waals surface area contributed by atoms with Crippen LogP contribution in [-0.2, 0) is 4.79 Å². The van der Waals surface area contributed by atoms with Crippen LogP contribution in [0.2, 0.25) is 5.02 Å². The Morgan fingerprint density at radius 3 is 2.47 bits per heavy atom. The number of carbonyl (C=O) groups excluding carboxylic acids is 2. The van der Waals surface area contributed by atoms with Gasteiger partial charge in [-0.25, -0.2) is 0 Å². The van der Waals surface area contributed by atoms with E-state index in [9.17, 15) is 9.59 Å². The smallest absolute Gasteiger partial charge is 0.250 e. The Balaban J connectivity index is 1.56. The molecule has 5 nitrogen and oxygen atoms in total. The van der Waals surface area contributed by atoms with Crippen LogP contribution in [0.25, 0.3) is 17.4 Å². The molecule has 3 aromatic rings. The number of nitrogens with one attached hydrogen (secondary N) is 2. The fourth-order valence-electron chi connectivity index (χ4n) is 2.61. The standard InChI is InChI=1S/C23H19ClN2O3S/c1-14-3-4-17(13-20(14)24)21-11-9-19(29-21)10-12-22(28)26-23(30)25-18-7-5-16(6-8-18)15(2)27/h3-13H,1-2H3,(H2,25,26,28,30). The lowest BCUT2D eigenvalue weighted by Crippen LogP contribution is -2.32. The molecule has 1 aromatic heterocycles. The number of Topliss-reactive ketones (excluding diaryl/α,β-unsaturated/α-hetero) is 1. The van der Waals surface area contributed by atoms with E-state index in [-0.39, 0.29) is 10.9 Å². The molecule has 0 unspecified atom stereocenters. The number of carbonyl (C=O) groups is 2. The van der Waals surface area contributed by atoms with E-state index in [2.05, 4.69) is 10.6 Å². The largest absolute Gasteiger partial charge is 0.457 e. The fraction of sp³-hybridized carbons (Fsp3) is 0.0870. The monoisotopic (exact) mass is 438 g/mol. The lowest BCUT2D eigenvalue weighted by molar-refractivity contribution is -0.115. The zero-order valence-corrected chi connectivity index (χ0v) is 17.9. The molecule has 7 heteroatoms. The number of rotatable bonds is 5. The molecule has 30 heavy (non-hydrogen) atoms. The highest BCUT2D eigenvalue weighted by Crippen LogP contribution is 2.27. The number of aryl methyl sites for hydroxylation is 1. The second kappa shape index (κ2) is 9.52. The number of thiocarbonyl (C=S) groups is 1. The number of anilines is 1. The number of amides is 1. The molecule has 0 aliphatic heterocycles. The first-order valence-corrected chi connectivity index (χ1v) is 9.88. The zero-order valence-electron chi connectivity index (χ0n) is 16.4. The normalized spacial score (nSPS) is 10.8. The second-order valence-electron chi connectivity index (χ2n) is 6.58. The van der Waals surface area contributed by atoms with Crippen molar-refractivity contribution >= 4 is 52.4 Å². The SMILES string of the molecule is CC(=O)c1ccc(NC(=S)NC(=O)C=Cc2ccc(-c3ccc(C)c(Cl)c3)o2)cc1. The van der Waals surface area contributed by atoms with Gasteiger partial charge in [0, 0.05) is 27.9 Å². The van der Waals surface area contributed by atoms with Crippen LogP contribution in [0.3, 0.4) is 0 Å². The quantitative estimate of drug-likeness (QED) is 0.306. The molecule has 0 aliphatic carbocycles. The van der Waals surface area contributed by atoms with Crippen LogP contribution in [0.15, 0.2) is 65.1 Å². The van der Waals surface area contributed by atoms with Gasteiger partial charge in [-0.05, 0) is 80.2 Å². The van der Waals surface area contributed by atoms with Gasteiger partial charge in [0.2, 0.25) is 5.91 Å². The number of hydrogen-bond acceptors (Lipinski definition) is 4. The molecule has 0 atom stereocenters. The van der Waals surface area contributed by atoms with Crippen molar-refractivity contribution in [2.24, 2.45) is 0 Å². The Labute approximate surface area is 184 Å². The predicted molar refractivity (Wildman–Crippen MR) is 124 cm³/mol. The zero-order chi connectivity index (χ0) is 21.7. The Kier molecular flexibility index (Phi) is 6.82. The van der Waals surface area contributed by atoms with Gasteiger partial charge < -0.3 is 9.73 Å². The first-order chi connectivity index (χ1) is 14.3. The first kappa shape index (κ1) is 21.5. The molecular weight excluding hydrogens is 420 g/mol. The van der Waals surface area contributed by atoms with Crippen molar-refractivity contribution in [3.63, 3.8) is 0 Å².